The molecule has 0 radical (unpaired) electrons. The maximum Gasteiger partial charge on any atom is 0.323 e. The minimum absolute atomic E-state index is 0.0741. The van der Waals surface area contributed by atoms with E-state index in [0.29, 0.717) is 5.02 Å². The topological polar surface area (TPSA) is 23.6 Å². The fourth-order valence-corrected chi connectivity index (χ4v) is 1.38. The number of urea groups is 1. The Kier molecular flexibility index (Phi) is 3.58. The van der Waals surface area contributed by atoms with Crippen LogP contribution in [0.1, 0.15) is 5.56 Å². The highest BCUT2D eigenvalue weighted by molar-refractivity contribution is 6.31. The lowest BCUT2D eigenvalue weighted by atomic mass is 10.2. The van der Waals surface area contributed by atoms with E-state index >= 15 is 0 Å². The molecule has 0 saturated heterocycles. The standard InChI is InChI=1S/C11H15ClN2O/c1-8-5-6-9(7-10(8)12)14(4)11(15)13(2)3/h5-7H,1-4H3. The van der Waals surface area contributed by atoms with Crippen molar-refractivity contribution < 1.29 is 4.79 Å². The molecule has 0 aliphatic carbocycles. The molecule has 0 spiro atoms. The predicted octanol–water partition coefficient (Wildman–Crippen LogP) is 2.77. The number of amides is 2. The maximum atomic E-state index is 11.6. The Morgan fingerprint density at radius 1 is 1.27 bits per heavy atom. The molecule has 0 saturated carbocycles. The van der Waals surface area contributed by atoms with Crippen LogP contribution in [0.3, 0.4) is 0 Å². The summed E-state index contributed by atoms with van der Waals surface area (Å²) in [6.07, 6.45) is 0. The molecule has 15 heavy (non-hydrogen) atoms. The van der Waals surface area contributed by atoms with Crippen molar-refractivity contribution in [2.24, 2.45) is 0 Å². The molecular formula is C11H15ClN2O. The van der Waals surface area contributed by atoms with E-state index in [1.807, 2.05) is 19.1 Å². The van der Waals surface area contributed by atoms with Crippen molar-refractivity contribution in [1.29, 1.82) is 0 Å². The van der Waals surface area contributed by atoms with Gasteiger partial charge >= 0.3 is 6.03 Å². The normalized spacial score (nSPS) is 9.93. The van der Waals surface area contributed by atoms with Crippen LogP contribution in [0.2, 0.25) is 5.02 Å². The molecule has 0 bridgehead atoms. The van der Waals surface area contributed by atoms with Crippen molar-refractivity contribution in [2.75, 3.05) is 26.0 Å². The second-order valence-electron chi connectivity index (χ2n) is 3.67. The van der Waals surface area contributed by atoms with Crippen LogP contribution in [0.15, 0.2) is 18.2 Å². The molecule has 0 fully saturated rings. The smallest absolute Gasteiger partial charge is 0.323 e. The molecule has 82 valence electrons. The van der Waals surface area contributed by atoms with Crippen molar-refractivity contribution in [3.05, 3.63) is 28.8 Å². The van der Waals surface area contributed by atoms with Crippen LogP contribution in [0.25, 0.3) is 0 Å². The van der Waals surface area contributed by atoms with E-state index in [4.69, 9.17) is 11.6 Å². The Morgan fingerprint density at radius 3 is 2.33 bits per heavy atom. The molecule has 4 heteroatoms. The lowest BCUT2D eigenvalue weighted by molar-refractivity contribution is 0.225. The van der Waals surface area contributed by atoms with E-state index in [0.717, 1.165) is 11.3 Å². The molecule has 0 aromatic heterocycles. The Morgan fingerprint density at radius 2 is 1.87 bits per heavy atom. The summed E-state index contributed by atoms with van der Waals surface area (Å²) in [6, 6.07) is 5.49. The van der Waals surface area contributed by atoms with Gasteiger partial charge in [0, 0.05) is 31.9 Å². The fourth-order valence-electron chi connectivity index (χ4n) is 1.20. The van der Waals surface area contributed by atoms with Crippen LogP contribution < -0.4 is 4.90 Å². The zero-order valence-electron chi connectivity index (χ0n) is 9.41. The number of anilines is 1. The van der Waals surface area contributed by atoms with Crippen molar-refractivity contribution in [2.45, 2.75) is 6.92 Å². The van der Waals surface area contributed by atoms with Gasteiger partial charge in [-0.05, 0) is 24.6 Å². The average Bonchev–Trinajstić information content (AvgIpc) is 2.19. The van der Waals surface area contributed by atoms with Crippen molar-refractivity contribution in [3.63, 3.8) is 0 Å². The average molecular weight is 227 g/mol. The van der Waals surface area contributed by atoms with Gasteiger partial charge in [-0.1, -0.05) is 17.7 Å². The van der Waals surface area contributed by atoms with Gasteiger partial charge in [0.25, 0.3) is 0 Å². The van der Waals surface area contributed by atoms with E-state index in [2.05, 4.69) is 0 Å². The summed E-state index contributed by atoms with van der Waals surface area (Å²) in [5, 5.41) is 0.672. The highest BCUT2D eigenvalue weighted by Gasteiger charge is 2.12. The third kappa shape index (κ3) is 2.63. The first-order valence-corrected chi connectivity index (χ1v) is 5.02. The van der Waals surface area contributed by atoms with E-state index < -0.39 is 0 Å². The van der Waals surface area contributed by atoms with E-state index in [1.165, 1.54) is 4.90 Å². The number of nitrogens with zero attached hydrogens (tertiary/aromatic N) is 2. The van der Waals surface area contributed by atoms with Gasteiger partial charge in [0.2, 0.25) is 0 Å². The summed E-state index contributed by atoms with van der Waals surface area (Å²) in [4.78, 5) is 14.7. The highest BCUT2D eigenvalue weighted by atomic mass is 35.5. The maximum absolute atomic E-state index is 11.6. The summed E-state index contributed by atoms with van der Waals surface area (Å²) in [5.74, 6) is 0. The molecule has 0 aliphatic heterocycles. The molecule has 2 amide bonds. The molecule has 0 atom stereocenters. The molecule has 1 rings (SSSR count). The SMILES string of the molecule is Cc1ccc(N(C)C(=O)N(C)C)cc1Cl. The van der Waals surface area contributed by atoms with Gasteiger partial charge in [0.1, 0.15) is 0 Å². The lowest BCUT2D eigenvalue weighted by Gasteiger charge is -2.22. The minimum Gasteiger partial charge on any atom is -0.330 e. The highest BCUT2D eigenvalue weighted by Crippen LogP contribution is 2.22. The molecular weight excluding hydrogens is 212 g/mol. The van der Waals surface area contributed by atoms with Crippen molar-refractivity contribution in [3.8, 4) is 0 Å². The number of carbonyl (C=O) groups excluding carboxylic acids is 1. The number of aryl methyl sites for hydroxylation is 1. The largest absolute Gasteiger partial charge is 0.330 e. The first-order chi connectivity index (χ1) is 6.93. The second kappa shape index (κ2) is 4.53. The van der Waals surface area contributed by atoms with Crippen molar-refractivity contribution >= 4 is 23.3 Å². The Labute approximate surface area is 95.2 Å². The summed E-state index contributed by atoms with van der Waals surface area (Å²) >= 11 is 5.99. The number of hydrogen-bond donors (Lipinski definition) is 0. The van der Waals surface area contributed by atoms with E-state index in [9.17, 15) is 4.79 Å². The molecule has 0 N–H and O–H groups in total. The van der Waals surface area contributed by atoms with Crippen molar-refractivity contribution in [1.82, 2.24) is 4.90 Å². The first kappa shape index (κ1) is 11.9. The van der Waals surface area contributed by atoms with Gasteiger partial charge in [-0.15, -0.1) is 0 Å². The van der Waals surface area contributed by atoms with E-state index in [-0.39, 0.29) is 6.03 Å². The third-order valence-corrected chi connectivity index (χ3v) is 2.62. The monoisotopic (exact) mass is 226 g/mol. The number of carbonyl (C=O) groups is 1. The molecule has 0 unspecified atom stereocenters. The molecule has 1 aromatic carbocycles. The summed E-state index contributed by atoms with van der Waals surface area (Å²) in [5.41, 5.74) is 1.80. The zero-order valence-corrected chi connectivity index (χ0v) is 10.2. The summed E-state index contributed by atoms with van der Waals surface area (Å²) in [6.45, 7) is 1.93. The first-order valence-electron chi connectivity index (χ1n) is 4.64. The van der Waals surface area contributed by atoms with Gasteiger partial charge in [0.05, 0.1) is 0 Å². The number of halogens is 1. The minimum atomic E-state index is -0.0741. The van der Waals surface area contributed by atoms with Gasteiger partial charge in [-0.2, -0.15) is 0 Å². The summed E-state index contributed by atoms with van der Waals surface area (Å²) < 4.78 is 0. The van der Waals surface area contributed by atoms with Gasteiger partial charge < -0.3 is 4.90 Å². The predicted molar refractivity (Wildman–Crippen MR) is 63.7 cm³/mol. The van der Waals surface area contributed by atoms with E-state index in [1.54, 1.807) is 32.1 Å². The Balaban J connectivity index is 2.97. The number of rotatable bonds is 1. The van der Waals surface area contributed by atoms with Gasteiger partial charge in [-0.25, -0.2) is 4.79 Å². The number of benzene rings is 1. The Hall–Kier alpha value is -1.22. The van der Waals surface area contributed by atoms with Crippen LogP contribution in [0.5, 0.6) is 0 Å². The van der Waals surface area contributed by atoms with Crippen LogP contribution in [0, 0.1) is 6.92 Å². The Bertz CT molecular complexity index is 377. The molecule has 0 heterocycles. The number of hydrogen-bond acceptors (Lipinski definition) is 1. The van der Waals surface area contributed by atoms with Crippen LogP contribution in [0.4, 0.5) is 10.5 Å². The quantitative estimate of drug-likeness (QED) is 0.722. The van der Waals surface area contributed by atoms with Crippen LogP contribution in [-0.2, 0) is 0 Å². The van der Waals surface area contributed by atoms with Crippen LogP contribution >= 0.6 is 11.6 Å². The summed E-state index contributed by atoms with van der Waals surface area (Å²) in [7, 11) is 5.16. The molecule has 0 aliphatic rings. The van der Waals surface area contributed by atoms with Crippen LogP contribution in [-0.4, -0.2) is 32.1 Å². The second-order valence-corrected chi connectivity index (χ2v) is 4.08. The third-order valence-electron chi connectivity index (χ3n) is 2.21. The van der Waals surface area contributed by atoms with Gasteiger partial charge in [-0.3, -0.25) is 4.90 Å². The van der Waals surface area contributed by atoms with Gasteiger partial charge in [0.15, 0.2) is 0 Å². The zero-order chi connectivity index (χ0) is 11.6. The molecule has 3 nitrogen and oxygen atoms in total. The molecule has 1 aromatic rings. The fraction of sp³-hybridized carbons (Fsp3) is 0.364. The lowest BCUT2D eigenvalue weighted by Crippen LogP contribution is -2.36.